The number of hydrogen-bond acceptors (Lipinski definition) is 4. The molecule has 0 atom stereocenters. The Labute approximate surface area is 119 Å². The van der Waals surface area contributed by atoms with Gasteiger partial charge in [0.05, 0.1) is 0 Å². The Morgan fingerprint density at radius 2 is 2.20 bits per heavy atom. The zero-order chi connectivity index (χ0) is 14.4. The second-order valence-electron chi connectivity index (χ2n) is 5.15. The molecule has 1 aliphatic carbocycles. The third-order valence-electron chi connectivity index (χ3n) is 3.13. The van der Waals surface area contributed by atoms with E-state index in [1.165, 1.54) is 0 Å². The van der Waals surface area contributed by atoms with Crippen LogP contribution in [0.25, 0.3) is 0 Å². The first-order valence-electron chi connectivity index (χ1n) is 6.84. The SMILES string of the molecule is CN(C)CCOc1cc(C(=O)NC2CC=CC2)ccn1. The maximum Gasteiger partial charge on any atom is 0.251 e. The summed E-state index contributed by atoms with van der Waals surface area (Å²) >= 11 is 0. The Bertz CT molecular complexity index is 478. The molecular weight excluding hydrogens is 254 g/mol. The van der Waals surface area contributed by atoms with Crippen molar-refractivity contribution in [2.45, 2.75) is 18.9 Å². The van der Waals surface area contributed by atoms with Gasteiger partial charge in [-0.1, -0.05) is 12.2 Å². The van der Waals surface area contributed by atoms with Crippen molar-refractivity contribution in [3.63, 3.8) is 0 Å². The molecule has 0 unspecified atom stereocenters. The van der Waals surface area contributed by atoms with Crippen molar-refractivity contribution in [1.29, 1.82) is 0 Å². The van der Waals surface area contributed by atoms with Crippen molar-refractivity contribution < 1.29 is 9.53 Å². The highest BCUT2D eigenvalue weighted by Gasteiger charge is 2.15. The van der Waals surface area contributed by atoms with E-state index < -0.39 is 0 Å². The van der Waals surface area contributed by atoms with Crippen molar-refractivity contribution >= 4 is 5.91 Å². The van der Waals surface area contributed by atoms with E-state index in [9.17, 15) is 4.79 Å². The second kappa shape index (κ2) is 7.05. The smallest absolute Gasteiger partial charge is 0.251 e. The maximum absolute atomic E-state index is 12.1. The van der Waals surface area contributed by atoms with E-state index in [2.05, 4.69) is 22.5 Å². The van der Waals surface area contributed by atoms with Crippen molar-refractivity contribution in [1.82, 2.24) is 15.2 Å². The lowest BCUT2D eigenvalue weighted by Gasteiger charge is -2.13. The molecule has 0 saturated carbocycles. The van der Waals surface area contributed by atoms with Gasteiger partial charge in [0.1, 0.15) is 6.61 Å². The fourth-order valence-corrected chi connectivity index (χ4v) is 1.97. The first kappa shape index (κ1) is 14.5. The van der Waals surface area contributed by atoms with Crippen LogP contribution in [0.15, 0.2) is 30.5 Å². The molecule has 1 amide bonds. The minimum Gasteiger partial charge on any atom is -0.476 e. The van der Waals surface area contributed by atoms with Gasteiger partial charge in [-0.3, -0.25) is 4.79 Å². The second-order valence-corrected chi connectivity index (χ2v) is 5.15. The van der Waals surface area contributed by atoms with Gasteiger partial charge in [-0.25, -0.2) is 4.98 Å². The summed E-state index contributed by atoms with van der Waals surface area (Å²) in [7, 11) is 3.96. The average Bonchev–Trinajstić information content (AvgIpc) is 2.91. The van der Waals surface area contributed by atoms with Gasteiger partial charge in [0.15, 0.2) is 0 Å². The zero-order valence-corrected chi connectivity index (χ0v) is 12.0. The number of nitrogens with zero attached hydrogens (tertiary/aromatic N) is 2. The van der Waals surface area contributed by atoms with Crippen LogP contribution >= 0.6 is 0 Å². The highest BCUT2D eigenvalue weighted by molar-refractivity contribution is 5.94. The topological polar surface area (TPSA) is 54.5 Å². The van der Waals surface area contributed by atoms with Crippen LogP contribution in [0.4, 0.5) is 0 Å². The molecule has 2 rings (SSSR count). The minimum absolute atomic E-state index is 0.0708. The molecule has 20 heavy (non-hydrogen) atoms. The highest BCUT2D eigenvalue weighted by Crippen LogP contribution is 2.13. The molecule has 0 spiro atoms. The summed E-state index contributed by atoms with van der Waals surface area (Å²) < 4.78 is 5.53. The molecule has 1 aliphatic rings. The first-order valence-corrected chi connectivity index (χ1v) is 6.84. The van der Waals surface area contributed by atoms with Crippen molar-refractivity contribution in [2.75, 3.05) is 27.2 Å². The predicted molar refractivity (Wildman–Crippen MR) is 77.9 cm³/mol. The summed E-state index contributed by atoms with van der Waals surface area (Å²) in [6.07, 6.45) is 7.60. The lowest BCUT2D eigenvalue weighted by atomic mass is 10.2. The molecule has 5 nitrogen and oxygen atoms in total. The van der Waals surface area contributed by atoms with Crippen LogP contribution < -0.4 is 10.1 Å². The summed E-state index contributed by atoms with van der Waals surface area (Å²) in [4.78, 5) is 18.3. The van der Waals surface area contributed by atoms with Crippen LogP contribution in [0.5, 0.6) is 5.88 Å². The monoisotopic (exact) mass is 275 g/mol. The number of pyridine rings is 1. The van der Waals surface area contributed by atoms with Gasteiger partial charge in [-0.2, -0.15) is 0 Å². The number of ether oxygens (including phenoxy) is 1. The van der Waals surface area contributed by atoms with E-state index in [4.69, 9.17) is 4.74 Å². The van der Waals surface area contributed by atoms with E-state index in [1.807, 2.05) is 19.0 Å². The third kappa shape index (κ3) is 4.35. The standard InChI is InChI=1S/C15H21N3O2/c1-18(2)9-10-20-14-11-12(7-8-16-14)15(19)17-13-5-3-4-6-13/h3-4,7-8,11,13H,5-6,9-10H2,1-2H3,(H,17,19). The van der Waals surface area contributed by atoms with E-state index in [0.717, 1.165) is 19.4 Å². The van der Waals surface area contributed by atoms with Gasteiger partial charge in [0.2, 0.25) is 5.88 Å². The maximum atomic E-state index is 12.1. The Kier molecular flexibility index (Phi) is 5.12. The number of rotatable bonds is 6. The normalized spacial score (nSPS) is 14.8. The summed E-state index contributed by atoms with van der Waals surface area (Å²) in [5.41, 5.74) is 0.590. The van der Waals surface area contributed by atoms with E-state index in [1.54, 1.807) is 18.3 Å². The Balaban J connectivity index is 1.89. The Morgan fingerprint density at radius 1 is 1.45 bits per heavy atom. The lowest BCUT2D eigenvalue weighted by molar-refractivity contribution is 0.0938. The number of likely N-dealkylation sites (N-methyl/N-ethyl adjacent to an activating group) is 1. The van der Waals surface area contributed by atoms with Crippen LogP contribution in [0, 0.1) is 0 Å². The lowest BCUT2D eigenvalue weighted by Crippen LogP contribution is -2.32. The molecule has 0 fully saturated rings. The molecule has 1 aromatic heterocycles. The first-order chi connectivity index (χ1) is 9.65. The molecule has 1 heterocycles. The molecule has 0 bridgehead atoms. The molecule has 0 aliphatic heterocycles. The van der Waals surface area contributed by atoms with Crippen molar-refractivity contribution in [3.8, 4) is 5.88 Å². The van der Waals surface area contributed by atoms with Gasteiger partial charge < -0.3 is 15.0 Å². The van der Waals surface area contributed by atoms with Gasteiger partial charge in [-0.05, 0) is 33.0 Å². The summed E-state index contributed by atoms with van der Waals surface area (Å²) in [5, 5.41) is 3.00. The zero-order valence-electron chi connectivity index (χ0n) is 12.0. The van der Waals surface area contributed by atoms with Crippen molar-refractivity contribution in [3.05, 3.63) is 36.0 Å². The predicted octanol–water partition coefficient (Wildman–Crippen LogP) is 1.47. The van der Waals surface area contributed by atoms with Gasteiger partial charge >= 0.3 is 0 Å². The molecule has 1 aromatic rings. The fraction of sp³-hybridized carbons (Fsp3) is 0.467. The Hall–Kier alpha value is -1.88. The summed E-state index contributed by atoms with van der Waals surface area (Å²) in [6.45, 7) is 1.36. The Morgan fingerprint density at radius 3 is 2.90 bits per heavy atom. The summed E-state index contributed by atoms with van der Waals surface area (Å²) in [6, 6.07) is 3.61. The molecule has 108 valence electrons. The van der Waals surface area contributed by atoms with Gasteiger partial charge in [0.25, 0.3) is 5.91 Å². The van der Waals surface area contributed by atoms with E-state index in [0.29, 0.717) is 18.1 Å². The number of carbonyl (C=O) groups excluding carboxylic acids is 1. The molecule has 5 heteroatoms. The minimum atomic E-state index is -0.0708. The fourth-order valence-electron chi connectivity index (χ4n) is 1.97. The van der Waals surface area contributed by atoms with Crippen molar-refractivity contribution in [2.24, 2.45) is 0 Å². The molecule has 0 radical (unpaired) electrons. The van der Waals surface area contributed by atoms with Crippen LogP contribution in [-0.2, 0) is 0 Å². The summed E-state index contributed by atoms with van der Waals surface area (Å²) in [5.74, 6) is 0.419. The van der Waals surface area contributed by atoms with E-state index in [-0.39, 0.29) is 11.9 Å². The highest BCUT2D eigenvalue weighted by atomic mass is 16.5. The van der Waals surface area contributed by atoms with Crippen LogP contribution in [-0.4, -0.2) is 49.1 Å². The largest absolute Gasteiger partial charge is 0.476 e. The number of nitrogens with one attached hydrogen (secondary N) is 1. The third-order valence-corrected chi connectivity index (χ3v) is 3.13. The quantitative estimate of drug-likeness (QED) is 0.799. The molecule has 1 N–H and O–H groups in total. The van der Waals surface area contributed by atoms with E-state index >= 15 is 0 Å². The van der Waals surface area contributed by atoms with Crippen LogP contribution in [0.2, 0.25) is 0 Å². The molecular formula is C15H21N3O2. The van der Waals surface area contributed by atoms with Crippen LogP contribution in [0.3, 0.4) is 0 Å². The number of aromatic nitrogens is 1. The van der Waals surface area contributed by atoms with Gasteiger partial charge in [-0.15, -0.1) is 0 Å². The number of amides is 1. The number of hydrogen-bond donors (Lipinski definition) is 1. The molecule has 0 aromatic carbocycles. The molecule has 0 saturated heterocycles. The van der Waals surface area contributed by atoms with Gasteiger partial charge in [0, 0.05) is 30.4 Å². The number of carbonyl (C=O) groups is 1. The average molecular weight is 275 g/mol. The van der Waals surface area contributed by atoms with Crippen LogP contribution in [0.1, 0.15) is 23.2 Å².